The van der Waals surface area contributed by atoms with E-state index in [1.54, 1.807) is 6.07 Å². The van der Waals surface area contributed by atoms with Crippen molar-refractivity contribution in [2.75, 3.05) is 0 Å². The van der Waals surface area contributed by atoms with Crippen LogP contribution < -0.4 is 0 Å². The second-order valence-corrected chi connectivity index (χ2v) is 6.93. The van der Waals surface area contributed by atoms with Crippen molar-refractivity contribution in [3.05, 3.63) is 59.5 Å². The van der Waals surface area contributed by atoms with Gasteiger partial charge in [-0.25, -0.2) is 4.79 Å². The Labute approximate surface area is 140 Å². The second-order valence-electron chi connectivity index (χ2n) is 6.93. The van der Waals surface area contributed by atoms with Crippen molar-refractivity contribution >= 4 is 5.97 Å². The molecule has 2 aromatic rings. The number of nitrogens with zero attached hydrogens (tertiary/aromatic N) is 1. The van der Waals surface area contributed by atoms with Gasteiger partial charge in [-0.1, -0.05) is 30.3 Å². The van der Waals surface area contributed by atoms with Crippen LogP contribution in [0.15, 0.2) is 46.9 Å². The molecule has 2 saturated heterocycles. The highest BCUT2D eigenvalue weighted by Gasteiger charge is 2.48. The Morgan fingerprint density at radius 3 is 2.38 bits per heavy atom. The van der Waals surface area contributed by atoms with E-state index in [1.807, 2.05) is 30.3 Å². The number of benzene rings is 1. The van der Waals surface area contributed by atoms with Crippen LogP contribution in [0.2, 0.25) is 0 Å². The van der Waals surface area contributed by atoms with Crippen LogP contribution in [0.3, 0.4) is 0 Å². The molecule has 0 saturated carbocycles. The molecule has 126 valence electrons. The fourth-order valence-electron chi connectivity index (χ4n) is 4.32. The van der Waals surface area contributed by atoms with E-state index in [0.717, 1.165) is 18.4 Å². The zero-order valence-electron chi connectivity index (χ0n) is 13.4. The predicted octanol–water partition coefficient (Wildman–Crippen LogP) is 2.99. The van der Waals surface area contributed by atoms with Gasteiger partial charge in [-0.2, -0.15) is 0 Å². The Morgan fingerprint density at radius 2 is 1.79 bits per heavy atom. The lowest BCUT2D eigenvalue weighted by Gasteiger charge is -2.43. The van der Waals surface area contributed by atoms with Crippen LogP contribution in [0.5, 0.6) is 0 Å². The molecule has 4 rings (SSSR count). The van der Waals surface area contributed by atoms with Crippen molar-refractivity contribution in [1.29, 1.82) is 0 Å². The van der Waals surface area contributed by atoms with Gasteiger partial charge in [0.15, 0.2) is 0 Å². The molecule has 0 amide bonds. The highest BCUT2D eigenvalue weighted by atomic mass is 16.4. The lowest BCUT2D eigenvalue weighted by molar-refractivity contribution is -0.0610. The smallest absolute Gasteiger partial charge is 0.371 e. The van der Waals surface area contributed by atoms with E-state index < -0.39 is 11.6 Å². The Balaban J connectivity index is 1.51. The topological polar surface area (TPSA) is 73.9 Å². The summed E-state index contributed by atoms with van der Waals surface area (Å²) in [5.41, 5.74) is 0.228. The van der Waals surface area contributed by atoms with Gasteiger partial charge in [0.1, 0.15) is 5.76 Å². The lowest BCUT2D eigenvalue weighted by Crippen LogP contribution is -2.49. The minimum Gasteiger partial charge on any atom is -0.475 e. The van der Waals surface area contributed by atoms with Crippen LogP contribution in [0.1, 0.15) is 47.6 Å². The summed E-state index contributed by atoms with van der Waals surface area (Å²) in [6, 6.07) is 13.7. The maximum atomic E-state index is 11.2. The van der Waals surface area contributed by atoms with Gasteiger partial charge in [0.2, 0.25) is 5.76 Å². The van der Waals surface area contributed by atoms with Gasteiger partial charge in [0.05, 0.1) is 12.1 Å². The molecule has 1 aromatic heterocycles. The fourth-order valence-corrected chi connectivity index (χ4v) is 4.32. The molecule has 2 aliphatic heterocycles. The molecule has 3 heterocycles. The van der Waals surface area contributed by atoms with Gasteiger partial charge in [-0.05, 0) is 43.4 Å². The van der Waals surface area contributed by atoms with Crippen LogP contribution >= 0.6 is 0 Å². The number of furan rings is 1. The molecule has 0 radical (unpaired) electrons. The molecule has 5 nitrogen and oxygen atoms in total. The van der Waals surface area contributed by atoms with E-state index >= 15 is 0 Å². The molecule has 0 spiro atoms. The Bertz CT molecular complexity index is 725. The summed E-state index contributed by atoms with van der Waals surface area (Å²) < 4.78 is 5.41. The third kappa shape index (κ3) is 2.64. The summed E-state index contributed by atoms with van der Waals surface area (Å²) in [7, 11) is 0. The van der Waals surface area contributed by atoms with Crippen LogP contribution in [-0.2, 0) is 12.1 Å². The van der Waals surface area contributed by atoms with Gasteiger partial charge in [-0.3, -0.25) is 4.90 Å². The van der Waals surface area contributed by atoms with Crippen LogP contribution in [0.25, 0.3) is 0 Å². The molecular weight excluding hydrogens is 306 g/mol. The van der Waals surface area contributed by atoms with Gasteiger partial charge in [-0.15, -0.1) is 0 Å². The van der Waals surface area contributed by atoms with Gasteiger partial charge in [0, 0.05) is 12.1 Å². The Kier molecular flexibility index (Phi) is 3.70. The SMILES string of the molecule is O=C(O)c1ccc(CN2C3CCC2CC(O)(c2ccccc2)C3)o1. The van der Waals surface area contributed by atoms with Gasteiger partial charge in [0.25, 0.3) is 0 Å². The minimum atomic E-state index is -1.04. The summed E-state index contributed by atoms with van der Waals surface area (Å²) in [6.45, 7) is 0.605. The number of carboxylic acid groups (broad SMARTS) is 1. The quantitative estimate of drug-likeness (QED) is 0.903. The van der Waals surface area contributed by atoms with Crippen molar-refractivity contribution < 1.29 is 19.4 Å². The maximum Gasteiger partial charge on any atom is 0.371 e. The number of hydrogen-bond acceptors (Lipinski definition) is 4. The zero-order chi connectivity index (χ0) is 16.7. The number of carboxylic acids is 1. The molecule has 1 aromatic carbocycles. The summed E-state index contributed by atoms with van der Waals surface area (Å²) in [6.07, 6.45) is 3.54. The molecule has 2 unspecified atom stereocenters. The minimum absolute atomic E-state index is 0.0184. The van der Waals surface area contributed by atoms with E-state index in [-0.39, 0.29) is 5.76 Å². The first-order chi connectivity index (χ1) is 11.5. The van der Waals surface area contributed by atoms with Crippen molar-refractivity contribution in [3.63, 3.8) is 0 Å². The Hall–Kier alpha value is -2.11. The first-order valence-electron chi connectivity index (χ1n) is 8.41. The number of fused-ring (bicyclic) bond motifs is 2. The molecule has 0 aliphatic carbocycles. The standard InChI is InChI=1S/C19H21NO4/c21-18(22)17-9-8-16(24-17)12-20-14-6-7-15(20)11-19(23,10-14)13-4-2-1-3-5-13/h1-5,8-9,14-15,23H,6-7,10-12H2,(H,21,22). The van der Waals surface area contributed by atoms with E-state index in [2.05, 4.69) is 4.90 Å². The summed E-state index contributed by atoms with van der Waals surface area (Å²) >= 11 is 0. The molecule has 2 fully saturated rings. The first kappa shape index (κ1) is 15.4. The number of carbonyl (C=O) groups is 1. The van der Waals surface area contributed by atoms with Crippen LogP contribution in [0.4, 0.5) is 0 Å². The van der Waals surface area contributed by atoms with E-state index in [4.69, 9.17) is 9.52 Å². The number of piperidine rings is 1. The largest absolute Gasteiger partial charge is 0.475 e. The summed E-state index contributed by atoms with van der Waals surface area (Å²) in [4.78, 5) is 13.3. The summed E-state index contributed by atoms with van der Waals surface area (Å²) in [5.74, 6) is -0.383. The number of rotatable bonds is 4. The highest BCUT2D eigenvalue weighted by molar-refractivity contribution is 5.84. The normalized spacial score (nSPS) is 29.7. The number of aliphatic hydroxyl groups is 1. The predicted molar refractivity (Wildman–Crippen MR) is 87.6 cm³/mol. The number of hydrogen-bond donors (Lipinski definition) is 2. The molecule has 24 heavy (non-hydrogen) atoms. The highest BCUT2D eigenvalue weighted by Crippen LogP contribution is 2.46. The van der Waals surface area contributed by atoms with Gasteiger partial charge >= 0.3 is 5.97 Å². The molecule has 5 heteroatoms. The lowest BCUT2D eigenvalue weighted by atomic mass is 9.80. The van der Waals surface area contributed by atoms with E-state index in [0.29, 0.717) is 37.2 Å². The molecule has 2 aliphatic rings. The average Bonchev–Trinajstić information content (AvgIpc) is 3.13. The average molecular weight is 327 g/mol. The van der Waals surface area contributed by atoms with E-state index in [9.17, 15) is 9.90 Å². The van der Waals surface area contributed by atoms with Crippen LogP contribution in [-0.4, -0.2) is 33.2 Å². The Morgan fingerprint density at radius 1 is 1.12 bits per heavy atom. The second kappa shape index (κ2) is 5.76. The van der Waals surface area contributed by atoms with E-state index in [1.165, 1.54) is 6.07 Å². The number of aromatic carboxylic acids is 1. The third-order valence-corrected chi connectivity index (χ3v) is 5.44. The first-order valence-corrected chi connectivity index (χ1v) is 8.41. The van der Waals surface area contributed by atoms with Crippen LogP contribution in [0, 0.1) is 0 Å². The van der Waals surface area contributed by atoms with Crippen molar-refractivity contribution in [3.8, 4) is 0 Å². The van der Waals surface area contributed by atoms with Crippen molar-refractivity contribution in [2.45, 2.75) is 49.9 Å². The molecular formula is C19H21NO4. The van der Waals surface area contributed by atoms with Gasteiger partial charge < -0.3 is 14.6 Å². The third-order valence-electron chi connectivity index (χ3n) is 5.44. The molecule has 2 atom stereocenters. The summed E-state index contributed by atoms with van der Waals surface area (Å²) in [5, 5.41) is 20.1. The monoisotopic (exact) mass is 327 g/mol. The molecule has 2 N–H and O–H groups in total. The molecule has 2 bridgehead atoms. The van der Waals surface area contributed by atoms with Crippen molar-refractivity contribution in [1.82, 2.24) is 4.90 Å². The van der Waals surface area contributed by atoms with Crippen molar-refractivity contribution in [2.24, 2.45) is 0 Å². The fraction of sp³-hybridized carbons (Fsp3) is 0.421. The maximum absolute atomic E-state index is 11.2. The zero-order valence-corrected chi connectivity index (χ0v) is 13.4.